The topological polar surface area (TPSA) is 36.7 Å². The van der Waals surface area contributed by atoms with Crippen LogP contribution in [0.4, 0.5) is 13.2 Å². The number of hydrogen-bond acceptors (Lipinski definition) is 2. The van der Waals surface area contributed by atoms with Gasteiger partial charge in [-0.05, 0) is 25.0 Å². The quantitative estimate of drug-likeness (QED) is 0.717. The summed E-state index contributed by atoms with van der Waals surface area (Å²) in [4.78, 5) is 3.50. The number of halogens is 3. The number of hydrogen-bond donors (Lipinski definition) is 0. The average Bonchev–Trinajstić information content (AvgIpc) is 2.97. The summed E-state index contributed by atoms with van der Waals surface area (Å²) in [5, 5.41) is 8.83. The summed E-state index contributed by atoms with van der Waals surface area (Å²) in [6.45, 7) is 0. The van der Waals surface area contributed by atoms with E-state index in [2.05, 4.69) is 4.98 Å². The summed E-state index contributed by atoms with van der Waals surface area (Å²) < 4.78 is 37.0. The molecule has 1 aliphatic rings. The fraction of sp³-hybridized carbons (Fsp3) is 0.400. The molecule has 0 aromatic carbocycles. The van der Waals surface area contributed by atoms with E-state index in [0.29, 0.717) is 12.8 Å². The van der Waals surface area contributed by atoms with E-state index in [9.17, 15) is 13.2 Å². The van der Waals surface area contributed by atoms with Crippen LogP contribution in [0.5, 0.6) is 0 Å². The molecule has 2 rings (SSSR count). The average molecular weight is 212 g/mol. The molecule has 0 amide bonds. The van der Waals surface area contributed by atoms with Gasteiger partial charge in [-0.15, -0.1) is 0 Å². The normalized spacial score (nSPS) is 18.3. The first-order valence-corrected chi connectivity index (χ1v) is 4.44. The van der Waals surface area contributed by atoms with Crippen LogP contribution in [0.25, 0.3) is 0 Å². The van der Waals surface area contributed by atoms with E-state index >= 15 is 0 Å². The van der Waals surface area contributed by atoms with Gasteiger partial charge < -0.3 is 0 Å². The van der Waals surface area contributed by atoms with Gasteiger partial charge in [0.05, 0.1) is 17.2 Å². The van der Waals surface area contributed by atoms with Gasteiger partial charge in [0.25, 0.3) is 0 Å². The van der Waals surface area contributed by atoms with Crippen molar-refractivity contribution in [2.75, 3.05) is 0 Å². The van der Waals surface area contributed by atoms with Crippen LogP contribution in [0.3, 0.4) is 0 Å². The molecule has 1 fully saturated rings. The second-order valence-electron chi connectivity index (χ2n) is 3.60. The fourth-order valence-electron chi connectivity index (χ4n) is 1.41. The molecule has 0 radical (unpaired) electrons. The Morgan fingerprint density at radius 3 is 2.47 bits per heavy atom. The standard InChI is InChI=1S/C10H7F3N2/c11-10(12,13)8-3-1-2-7(15-8)9(6-14)4-5-9/h1-3H,4-5H2. The molecule has 2 nitrogen and oxygen atoms in total. The summed E-state index contributed by atoms with van der Waals surface area (Å²) in [5.74, 6) is 0. The molecular formula is C10H7F3N2. The summed E-state index contributed by atoms with van der Waals surface area (Å²) >= 11 is 0. The molecule has 1 aromatic heterocycles. The third-order valence-corrected chi connectivity index (χ3v) is 2.49. The summed E-state index contributed by atoms with van der Waals surface area (Å²) in [5.41, 5.74) is -1.46. The number of pyridine rings is 1. The van der Waals surface area contributed by atoms with E-state index in [1.165, 1.54) is 12.1 Å². The zero-order valence-corrected chi connectivity index (χ0v) is 7.67. The lowest BCUT2D eigenvalue weighted by molar-refractivity contribution is -0.141. The van der Waals surface area contributed by atoms with Gasteiger partial charge in [0.15, 0.2) is 0 Å². The van der Waals surface area contributed by atoms with Crippen LogP contribution >= 0.6 is 0 Å². The van der Waals surface area contributed by atoms with Gasteiger partial charge in [-0.3, -0.25) is 0 Å². The maximum atomic E-state index is 12.3. The van der Waals surface area contributed by atoms with Gasteiger partial charge in [-0.2, -0.15) is 18.4 Å². The smallest absolute Gasteiger partial charge is 0.247 e. The highest BCUT2D eigenvalue weighted by Gasteiger charge is 2.47. The summed E-state index contributed by atoms with van der Waals surface area (Å²) in [7, 11) is 0. The van der Waals surface area contributed by atoms with Gasteiger partial charge in [0.1, 0.15) is 5.69 Å². The molecule has 0 N–H and O–H groups in total. The van der Waals surface area contributed by atoms with E-state index in [1.807, 2.05) is 6.07 Å². The van der Waals surface area contributed by atoms with Crippen LogP contribution in [0.1, 0.15) is 24.2 Å². The first-order chi connectivity index (χ1) is 6.98. The third-order valence-electron chi connectivity index (χ3n) is 2.49. The largest absolute Gasteiger partial charge is 0.433 e. The molecule has 15 heavy (non-hydrogen) atoms. The second-order valence-corrected chi connectivity index (χ2v) is 3.60. The lowest BCUT2D eigenvalue weighted by Crippen LogP contribution is -2.13. The van der Waals surface area contributed by atoms with Crippen LogP contribution in [-0.2, 0) is 11.6 Å². The maximum absolute atomic E-state index is 12.3. The van der Waals surface area contributed by atoms with Gasteiger partial charge in [0.2, 0.25) is 0 Å². The Morgan fingerprint density at radius 2 is 2.00 bits per heavy atom. The molecule has 1 heterocycles. The fourth-order valence-corrected chi connectivity index (χ4v) is 1.41. The van der Waals surface area contributed by atoms with E-state index in [-0.39, 0.29) is 5.69 Å². The number of aromatic nitrogens is 1. The maximum Gasteiger partial charge on any atom is 0.433 e. The first-order valence-electron chi connectivity index (χ1n) is 4.44. The highest BCUT2D eigenvalue weighted by atomic mass is 19.4. The Labute approximate surface area is 84.4 Å². The highest BCUT2D eigenvalue weighted by Crippen LogP contribution is 2.47. The van der Waals surface area contributed by atoms with Crippen LogP contribution in [-0.4, -0.2) is 4.98 Å². The Hall–Kier alpha value is -1.57. The predicted molar refractivity (Wildman–Crippen MR) is 45.8 cm³/mol. The van der Waals surface area contributed by atoms with Gasteiger partial charge in [-0.25, -0.2) is 4.98 Å². The van der Waals surface area contributed by atoms with Crippen LogP contribution in [0, 0.1) is 11.3 Å². The predicted octanol–water partition coefficient (Wildman–Crippen LogP) is 2.66. The Kier molecular flexibility index (Phi) is 1.97. The molecule has 0 spiro atoms. The minimum atomic E-state index is -4.44. The first kappa shape index (κ1) is 9.97. The van der Waals surface area contributed by atoms with E-state index in [1.54, 1.807) is 0 Å². The Morgan fingerprint density at radius 1 is 1.33 bits per heavy atom. The molecular weight excluding hydrogens is 205 g/mol. The minimum Gasteiger partial charge on any atom is -0.247 e. The molecule has 1 aromatic rings. The number of nitriles is 1. The lowest BCUT2D eigenvalue weighted by atomic mass is 10.0. The molecule has 0 unspecified atom stereocenters. The van der Waals surface area contributed by atoms with Crippen molar-refractivity contribution < 1.29 is 13.2 Å². The molecule has 5 heteroatoms. The van der Waals surface area contributed by atoms with Gasteiger partial charge in [0, 0.05) is 0 Å². The number of rotatable bonds is 1. The molecule has 78 valence electrons. The highest BCUT2D eigenvalue weighted by molar-refractivity contribution is 5.34. The SMILES string of the molecule is N#CC1(c2cccc(C(F)(F)F)n2)CC1. The van der Waals surface area contributed by atoms with Crippen molar-refractivity contribution in [1.29, 1.82) is 5.26 Å². The van der Waals surface area contributed by atoms with E-state index in [0.717, 1.165) is 6.07 Å². The third kappa shape index (κ3) is 1.67. The van der Waals surface area contributed by atoms with Crippen molar-refractivity contribution in [3.63, 3.8) is 0 Å². The zero-order valence-electron chi connectivity index (χ0n) is 7.67. The molecule has 0 atom stereocenters. The summed E-state index contributed by atoms with van der Waals surface area (Å²) in [6, 6.07) is 5.70. The van der Waals surface area contributed by atoms with Crippen molar-refractivity contribution in [3.8, 4) is 6.07 Å². The number of nitrogens with zero attached hydrogens (tertiary/aromatic N) is 2. The summed E-state index contributed by atoms with van der Waals surface area (Å²) in [6.07, 6.45) is -3.25. The minimum absolute atomic E-state index is 0.236. The Balaban J connectivity index is 2.41. The van der Waals surface area contributed by atoms with Crippen molar-refractivity contribution in [2.24, 2.45) is 0 Å². The molecule has 0 saturated heterocycles. The van der Waals surface area contributed by atoms with Crippen molar-refractivity contribution in [1.82, 2.24) is 4.98 Å². The lowest BCUT2D eigenvalue weighted by Gasteiger charge is -2.09. The van der Waals surface area contributed by atoms with Gasteiger partial charge >= 0.3 is 6.18 Å². The van der Waals surface area contributed by atoms with Crippen molar-refractivity contribution in [2.45, 2.75) is 24.4 Å². The van der Waals surface area contributed by atoms with Crippen LogP contribution < -0.4 is 0 Å². The Bertz CT molecular complexity index is 427. The molecule has 0 aliphatic heterocycles. The molecule has 1 aliphatic carbocycles. The van der Waals surface area contributed by atoms with E-state index < -0.39 is 17.3 Å². The van der Waals surface area contributed by atoms with E-state index in [4.69, 9.17) is 5.26 Å². The monoisotopic (exact) mass is 212 g/mol. The molecule has 0 bridgehead atoms. The zero-order chi connectivity index (χ0) is 11.1. The van der Waals surface area contributed by atoms with Gasteiger partial charge in [-0.1, -0.05) is 6.07 Å². The van der Waals surface area contributed by atoms with Crippen molar-refractivity contribution >= 4 is 0 Å². The van der Waals surface area contributed by atoms with Crippen molar-refractivity contribution in [3.05, 3.63) is 29.6 Å². The molecule has 1 saturated carbocycles. The van der Waals surface area contributed by atoms with Crippen LogP contribution in [0.15, 0.2) is 18.2 Å². The second kappa shape index (κ2) is 2.96. The van der Waals surface area contributed by atoms with Crippen LogP contribution in [0.2, 0.25) is 0 Å². The number of alkyl halides is 3.